The maximum atomic E-state index is 13.0. The zero-order chi connectivity index (χ0) is 16.9. The van der Waals surface area contributed by atoms with Crippen LogP contribution in [-0.4, -0.2) is 60.8 Å². The van der Waals surface area contributed by atoms with Crippen LogP contribution in [-0.2, 0) is 11.3 Å². The molecule has 1 aromatic carbocycles. The maximum Gasteiger partial charge on any atom is 0.317 e. The van der Waals surface area contributed by atoms with Crippen molar-refractivity contribution in [2.45, 2.75) is 38.5 Å². The molecule has 6 heteroatoms. The summed E-state index contributed by atoms with van der Waals surface area (Å²) in [7, 11) is 0. The van der Waals surface area contributed by atoms with Gasteiger partial charge >= 0.3 is 6.03 Å². The predicted octanol–water partition coefficient (Wildman–Crippen LogP) is 2.22. The Labute approximate surface area is 142 Å². The van der Waals surface area contributed by atoms with Gasteiger partial charge in [0.15, 0.2) is 0 Å². The van der Waals surface area contributed by atoms with Gasteiger partial charge in [0.1, 0.15) is 5.82 Å². The van der Waals surface area contributed by atoms with E-state index in [0.717, 1.165) is 38.0 Å². The van der Waals surface area contributed by atoms with Crippen LogP contribution >= 0.6 is 0 Å². The molecule has 2 heterocycles. The SMILES string of the molecule is CC1CN(C(=O)NC2CCN(Cc3ccc(F)cc3)CC2)CCO1. The van der Waals surface area contributed by atoms with Gasteiger partial charge in [0.2, 0.25) is 0 Å². The van der Waals surface area contributed by atoms with Crippen LogP contribution in [0.15, 0.2) is 24.3 Å². The second-order valence-corrected chi connectivity index (χ2v) is 6.75. The van der Waals surface area contributed by atoms with E-state index in [0.29, 0.717) is 19.7 Å². The van der Waals surface area contributed by atoms with Crippen LogP contribution in [0.4, 0.5) is 9.18 Å². The molecule has 0 radical (unpaired) electrons. The zero-order valence-corrected chi connectivity index (χ0v) is 14.2. The van der Waals surface area contributed by atoms with Crippen molar-refractivity contribution < 1.29 is 13.9 Å². The van der Waals surface area contributed by atoms with E-state index in [1.54, 1.807) is 0 Å². The molecule has 2 saturated heterocycles. The molecule has 2 amide bonds. The number of halogens is 1. The highest BCUT2D eigenvalue weighted by Crippen LogP contribution is 2.15. The highest BCUT2D eigenvalue weighted by Gasteiger charge is 2.25. The van der Waals surface area contributed by atoms with Gasteiger partial charge in [0.25, 0.3) is 0 Å². The zero-order valence-electron chi connectivity index (χ0n) is 14.2. The normalized spacial score (nSPS) is 23.2. The Morgan fingerprint density at radius 1 is 1.25 bits per heavy atom. The summed E-state index contributed by atoms with van der Waals surface area (Å²) in [4.78, 5) is 16.5. The number of hydrogen-bond acceptors (Lipinski definition) is 3. The smallest absolute Gasteiger partial charge is 0.317 e. The van der Waals surface area contributed by atoms with Gasteiger partial charge in [-0.2, -0.15) is 0 Å². The summed E-state index contributed by atoms with van der Waals surface area (Å²) in [5.74, 6) is -0.197. The molecular weight excluding hydrogens is 309 g/mol. The molecule has 2 aliphatic rings. The Balaban J connectivity index is 1.41. The molecule has 132 valence electrons. The average Bonchev–Trinajstić information content (AvgIpc) is 2.59. The van der Waals surface area contributed by atoms with Crippen LogP contribution in [0.2, 0.25) is 0 Å². The van der Waals surface area contributed by atoms with Crippen molar-refractivity contribution in [3.8, 4) is 0 Å². The second kappa shape index (κ2) is 7.94. The van der Waals surface area contributed by atoms with Gasteiger partial charge in [0.05, 0.1) is 12.7 Å². The fraction of sp³-hybridized carbons (Fsp3) is 0.611. The predicted molar refractivity (Wildman–Crippen MR) is 90.2 cm³/mol. The van der Waals surface area contributed by atoms with Crippen molar-refractivity contribution in [2.24, 2.45) is 0 Å². The number of urea groups is 1. The summed E-state index contributed by atoms with van der Waals surface area (Å²) in [5, 5.41) is 3.16. The van der Waals surface area contributed by atoms with Crippen molar-refractivity contribution in [1.82, 2.24) is 15.1 Å². The van der Waals surface area contributed by atoms with Crippen LogP contribution in [0, 0.1) is 5.82 Å². The monoisotopic (exact) mass is 335 g/mol. The van der Waals surface area contributed by atoms with E-state index in [2.05, 4.69) is 10.2 Å². The second-order valence-electron chi connectivity index (χ2n) is 6.75. The van der Waals surface area contributed by atoms with Gasteiger partial charge in [0, 0.05) is 38.8 Å². The van der Waals surface area contributed by atoms with Crippen LogP contribution < -0.4 is 5.32 Å². The van der Waals surface area contributed by atoms with Crippen molar-refractivity contribution >= 4 is 6.03 Å². The number of amides is 2. The van der Waals surface area contributed by atoms with Crippen molar-refractivity contribution in [1.29, 1.82) is 0 Å². The molecule has 2 aliphatic heterocycles. The molecule has 1 unspecified atom stereocenters. The lowest BCUT2D eigenvalue weighted by Crippen LogP contribution is -2.53. The first-order chi connectivity index (χ1) is 11.6. The van der Waals surface area contributed by atoms with E-state index in [-0.39, 0.29) is 24.0 Å². The third-order valence-corrected chi connectivity index (χ3v) is 4.76. The first-order valence-corrected chi connectivity index (χ1v) is 8.74. The largest absolute Gasteiger partial charge is 0.375 e. The van der Waals surface area contributed by atoms with E-state index in [4.69, 9.17) is 4.74 Å². The summed E-state index contributed by atoms with van der Waals surface area (Å²) in [6, 6.07) is 6.95. The average molecular weight is 335 g/mol. The third-order valence-electron chi connectivity index (χ3n) is 4.76. The molecule has 0 aliphatic carbocycles. The van der Waals surface area contributed by atoms with Gasteiger partial charge in [-0.1, -0.05) is 12.1 Å². The van der Waals surface area contributed by atoms with Gasteiger partial charge in [-0.05, 0) is 37.5 Å². The number of ether oxygens (including phenoxy) is 1. The Hall–Kier alpha value is -1.66. The van der Waals surface area contributed by atoms with Crippen LogP contribution in [0.25, 0.3) is 0 Å². The molecule has 2 fully saturated rings. The first kappa shape index (κ1) is 17.2. The fourth-order valence-corrected chi connectivity index (χ4v) is 3.35. The summed E-state index contributed by atoms with van der Waals surface area (Å²) in [5.41, 5.74) is 1.13. The molecule has 1 aromatic rings. The minimum absolute atomic E-state index is 0.0298. The van der Waals surface area contributed by atoms with Crippen molar-refractivity contribution in [3.05, 3.63) is 35.6 Å². The molecule has 3 rings (SSSR count). The summed E-state index contributed by atoms with van der Waals surface area (Å²) < 4.78 is 18.4. The lowest BCUT2D eigenvalue weighted by molar-refractivity contribution is -0.00420. The molecule has 24 heavy (non-hydrogen) atoms. The minimum atomic E-state index is -0.197. The van der Waals surface area contributed by atoms with E-state index in [1.165, 1.54) is 12.1 Å². The molecule has 1 atom stereocenters. The number of benzene rings is 1. The molecule has 0 spiro atoms. The maximum absolute atomic E-state index is 13.0. The van der Waals surface area contributed by atoms with Gasteiger partial charge < -0.3 is 15.0 Å². The van der Waals surface area contributed by atoms with Crippen LogP contribution in [0.1, 0.15) is 25.3 Å². The van der Waals surface area contributed by atoms with Gasteiger partial charge in [-0.3, -0.25) is 4.90 Å². The van der Waals surface area contributed by atoms with Crippen LogP contribution in [0.5, 0.6) is 0 Å². The van der Waals surface area contributed by atoms with Crippen LogP contribution in [0.3, 0.4) is 0 Å². The molecule has 0 bridgehead atoms. The van der Waals surface area contributed by atoms with E-state index < -0.39 is 0 Å². The number of morpholine rings is 1. The molecule has 5 nitrogen and oxygen atoms in total. The quantitative estimate of drug-likeness (QED) is 0.921. The highest BCUT2D eigenvalue weighted by molar-refractivity contribution is 5.74. The van der Waals surface area contributed by atoms with Gasteiger partial charge in [-0.15, -0.1) is 0 Å². The van der Waals surface area contributed by atoms with E-state index in [1.807, 2.05) is 24.0 Å². The lowest BCUT2D eigenvalue weighted by atomic mass is 10.0. The molecule has 1 N–H and O–H groups in total. The number of rotatable bonds is 3. The first-order valence-electron chi connectivity index (χ1n) is 8.74. The third kappa shape index (κ3) is 4.68. The lowest BCUT2D eigenvalue weighted by Gasteiger charge is -2.35. The van der Waals surface area contributed by atoms with Crippen molar-refractivity contribution in [3.63, 3.8) is 0 Å². The standard InChI is InChI=1S/C18H26FN3O2/c1-14-12-22(10-11-24-14)18(23)20-17-6-8-21(9-7-17)13-15-2-4-16(19)5-3-15/h2-5,14,17H,6-13H2,1H3,(H,20,23). The summed E-state index contributed by atoms with van der Waals surface area (Å²) in [6.45, 7) is 6.67. The molecular formula is C18H26FN3O2. The van der Waals surface area contributed by atoms with E-state index in [9.17, 15) is 9.18 Å². The Morgan fingerprint density at radius 2 is 1.96 bits per heavy atom. The number of hydrogen-bond donors (Lipinski definition) is 1. The minimum Gasteiger partial charge on any atom is -0.375 e. The van der Waals surface area contributed by atoms with Gasteiger partial charge in [-0.25, -0.2) is 9.18 Å². The number of nitrogens with one attached hydrogen (secondary N) is 1. The number of carbonyl (C=O) groups excluding carboxylic acids is 1. The number of carbonyl (C=O) groups is 1. The Morgan fingerprint density at radius 3 is 2.62 bits per heavy atom. The number of nitrogens with zero attached hydrogens (tertiary/aromatic N) is 2. The van der Waals surface area contributed by atoms with E-state index >= 15 is 0 Å². The number of piperidine rings is 1. The topological polar surface area (TPSA) is 44.8 Å². The highest BCUT2D eigenvalue weighted by atomic mass is 19.1. The Bertz CT molecular complexity index is 544. The number of likely N-dealkylation sites (tertiary alicyclic amines) is 1. The molecule has 0 aromatic heterocycles. The fourth-order valence-electron chi connectivity index (χ4n) is 3.35. The van der Waals surface area contributed by atoms with Crippen molar-refractivity contribution in [2.75, 3.05) is 32.8 Å². The Kier molecular flexibility index (Phi) is 5.68. The summed E-state index contributed by atoms with van der Waals surface area (Å²) >= 11 is 0. The molecule has 0 saturated carbocycles. The summed E-state index contributed by atoms with van der Waals surface area (Å²) in [6.07, 6.45) is 2.02.